The number of ether oxygens (including phenoxy) is 1. The number of thioether (sulfide) groups is 1. The Morgan fingerprint density at radius 3 is 2.56 bits per heavy atom. The maximum absolute atomic E-state index is 12.6. The van der Waals surface area contributed by atoms with Gasteiger partial charge in [-0.05, 0) is 37.3 Å². The molecule has 1 amide bonds. The van der Waals surface area contributed by atoms with Crippen molar-refractivity contribution in [1.29, 1.82) is 0 Å². The highest BCUT2D eigenvalue weighted by molar-refractivity contribution is 7.99. The molecule has 0 bridgehead atoms. The van der Waals surface area contributed by atoms with Gasteiger partial charge in [0.1, 0.15) is 5.75 Å². The third-order valence-corrected chi connectivity index (χ3v) is 6.43. The summed E-state index contributed by atoms with van der Waals surface area (Å²) in [6, 6.07) is 22.8. The van der Waals surface area contributed by atoms with E-state index in [1.807, 2.05) is 78.2 Å². The molecule has 0 aliphatic heterocycles. The summed E-state index contributed by atoms with van der Waals surface area (Å²) in [5, 5.41) is 27.9. The van der Waals surface area contributed by atoms with Crippen LogP contribution in [0, 0.1) is 6.92 Å². The molecule has 0 saturated heterocycles. The van der Waals surface area contributed by atoms with Crippen LogP contribution in [0.2, 0.25) is 0 Å². The van der Waals surface area contributed by atoms with Crippen molar-refractivity contribution in [2.75, 3.05) is 12.9 Å². The monoisotopic (exact) mass is 498 g/mol. The first-order valence-electron chi connectivity index (χ1n) is 11.1. The molecule has 0 saturated carbocycles. The number of aryl methyl sites for hydroxylation is 1. The molecule has 0 aliphatic carbocycles. The summed E-state index contributed by atoms with van der Waals surface area (Å²) in [6.45, 7) is 2.02. The zero-order chi connectivity index (χ0) is 25.1. The molecule has 3 aromatic carbocycles. The SMILES string of the molecule is COc1ccc(-n2c(SCC(=O)N=Nc3c(O)[nH]c4ccccc34)nnc2-c2ccc(C)cc2)cc1. The zero-order valence-electron chi connectivity index (χ0n) is 19.5. The van der Waals surface area contributed by atoms with E-state index in [9.17, 15) is 9.90 Å². The highest BCUT2D eigenvalue weighted by Gasteiger charge is 2.18. The fraction of sp³-hybridized carbons (Fsp3) is 0.115. The van der Waals surface area contributed by atoms with Gasteiger partial charge >= 0.3 is 0 Å². The van der Waals surface area contributed by atoms with Gasteiger partial charge in [0.25, 0.3) is 5.91 Å². The minimum absolute atomic E-state index is 0.00516. The summed E-state index contributed by atoms with van der Waals surface area (Å²) in [5.41, 5.74) is 3.81. The van der Waals surface area contributed by atoms with Gasteiger partial charge in [0, 0.05) is 16.6 Å². The van der Waals surface area contributed by atoms with Crippen LogP contribution in [-0.4, -0.2) is 43.6 Å². The molecule has 0 radical (unpaired) electrons. The van der Waals surface area contributed by atoms with Crippen molar-refractivity contribution in [2.24, 2.45) is 10.2 Å². The maximum atomic E-state index is 12.6. The summed E-state index contributed by atoms with van der Waals surface area (Å²) in [6.07, 6.45) is 0. The lowest BCUT2D eigenvalue weighted by Gasteiger charge is -2.11. The first kappa shape index (κ1) is 23.3. The maximum Gasteiger partial charge on any atom is 0.275 e. The molecule has 36 heavy (non-hydrogen) atoms. The van der Waals surface area contributed by atoms with Crippen LogP contribution >= 0.6 is 11.8 Å². The topological polar surface area (TPSA) is 118 Å². The predicted molar refractivity (Wildman–Crippen MR) is 138 cm³/mol. The van der Waals surface area contributed by atoms with Gasteiger partial charge in [-0.1, -0.05) is 59.8 Å². The number of methoxy groups -OCH3 is 1. The molecule has 10 heteroatoms. The number of rotatable bonds is 7. The third kappa shape index (κ3) is 4.71. The molecule has 2 N–H and O–H groups in total. The van der Waals surface area contributed by atoms with E-state index in [0.29, 0.717) is 21.9 Å². The Kier molecular flexibility index (Phi) is 6.50. The van der Waals surface area contributed by atoms with E-state index in [1.165, 1.54) is 11.8 Å². The molecule has 5 rings (SSSR count). The molecule has 0 spiro atoms. The van der Waals surface area contributed by atoms with Crippen LogP contribution in [0.4, 0.5) is 5.69 Å². The summed E-state index contributed by atoms with van der Waals surface area (Å²) in [5.74, 6) is 0.775. The average Bonchev–Trinajstić information content (AvgIpc) is 3.47. The molecule has 0 fully saturated rings. The van der Waals surface area contributed by atoms with Gasteiger partial charge in [0.2, 0.25) is 5.88 Å². The van der Waals surface area contributed by atoms with Gasteiger partial charge in [-0.25, -0.2) is 0 Å². The van der Waals surface area contributed by atoms with Crippen molar-refractivity contribution < 1.29 is 14.6 Å². The first-order chi connectivity index (χ1) is 17.5. The summed E-state index contributed by atoms with van der Waals surface area (Å²) in [4.78, 5) is 15.4. The Bertz CT molecular complexity index is 1560. The number of nitrogens with one attached hydrogen (secondary N) is 1. The van der Waals surface area contributed by atoms with E-state index in [4.69, 9.17) is 4.74 Å². The lowest BCUT2D eigenvalue weighted by atomic mass is 10.1. The fourth-order valence-corrected chi connectivity index (χ4v) is 4.42. The third-order valence-electron chi connectivity index (χ3n) is 5.52. The lowest BCUT2D eigenvalue weighted by Crippen LogP contribution is -2.02. The van der Waals surface area contributed by atoms with Crippen LogP contribution in [0.15, 0.2) is 88.2 Å². The van der Waals surface area contributed by atoms with Crippen molar-refractivity contribution >= 4 is 34.3 Å². The van der Waals surface area contributed by atoms with E-state index < -0.39 is 5.91 Å². The molecule has 0 unspecified atom stereocenters. The van der Waals surface area contributed by atoms with Gasteiger partial charge < -0.3 is 14.8 Å². The summed E-state index contributed by atoms with van der Waals surface area (Å²) >= 11 is 1.21. The second kappa shape index (κ2) is 10.0. The molecule has 9 nitrogen and oxygen atoms in total. The Morgan fingerprint density at radius 2 is 1.81 bits per heavy atom. The number of hydrogen-bond donors (Lipinski definition) is 2. The fourth-order valence-electron chi connectivity index (χ4n) is 3.69. The Labute approximate surface area is 210 Å². The Morgan fingerprint density at radius 1 is 1.06 bits per heavy atom. The minimum atomic E-state index is -0.467. The normalized spacial score (nSPS) is 11.4. The standard InChI is InChI=1S/C26H22N6O3S/c1-16-7-9-17(10-8-16)24-30-31-26(32(24)18-11-13-19(35-2)14-12-18)36-15-22(33)28-29-23-20-5-3-4-6-21(20)27-25(23)34/h3-14,27,34H,15H2,1-2H3. The van der Waals surface area contributed by atoms with Crippen LogP contribution in [-0.2, 0) is 4.79 Å². The van der Waals surface area contributed by atoms with Gasteiger partial charge in [-0.3, -0.25) is 9.36 Å². The molecular formula is C26H22N6O3S. The summed E-state index contributed by atoms with van der Waals surface area (Å²) in [7, 11) is 1.61. The molecular weight excluding hydrogens is 476 g/mol. The van der Waals surface area contributed by atoms with Gasteiger partial charge in [0.15, 0.2) is 16.7 Å². The molecule has 0 atom stereocenters. The van der Waals surface area contributed by atoms with Crippen LogP contribution in [0.3, 0.4) is 0 Å². The van der Waals surface area contributed by atoms with Crippen LogP contribution in [0.1, 0.15) is 5.56 Å². The molecule has 5 aromatic rings. The van der Waals surface area contributed by atoms with Gasteiger partial charge in [-0.2, -0.15) is 0 Å². The van der Waals surface area contributed by atoms with Crippen molar-refractivity contribution in [3.63, 3.8) is 0 Å². The molecule has 2 aromatic heterocycles. The number of hydrogen-bond acceptors (Lipinski definition) is 7. The molecule has 2 heterocycles. The minimum Gasteiger partial charge on any atom is -0.497 e. The number of carbonyl (C=O) groups excluding carboxylic acids is 1. The number of H-pyrrole nitrogens is 1. The highest BCUT2D eigenvalue weighted by Crippen LogP contribution is 2.35. The van der Waals surface area contributed by atoms with E-state index in [0.717, 1.165) is 22.6 Å². The van der Waals surface area contributed by atoms with E-state index in [-0.39, 0.29) is 17.3 Å². The zero-order valence-corrected chi connectivity index (χ0v) is 20.4. The van der Waals surface area contributed by atoms with Gasteiger partial charge in [-0.15, -0.1) is 20.4 Å². The number of aromatic hydroxyl groups is 1. The van der Waals surface area contributed by atoms with Crippen LogP contribution in [0.5, 0.6) is 11.6 Å². The number of benzene rings is 3. The van der Waals surface area contributed by atoms with Crippen molar-refractivity contribution in [3.05, 3.63) is 78.4 Å². The number of amides is 1. The lowest BCUT2D eigenvalue weighted by molar-refractivity contribution is -0.115. The molecule has 0 aliphatic rings. The predicted octanol–water partition coefficient (Wildman–Crippen LogP) is 5.84. The van der Waals surface area contributed by atoms with Crippen LogP contribution < -0.4 is 4.74 Å². The van der Waals surface area contributed by atoms with E-state index in [2.05, 4.69) is 25.4 Å². The van der Waals surface area contributed by atoms with Crippen molar-refractivity contribution in [1.82, 2.24) is 19.7 Å². The number of aromatic amines is 1. The number of nitrogens with zero attached hydrogens (tertiary/aromatic N) is 5. The van der Waals surface area contributed by atoms with E-state index in [1.54, 1.807) is 13.2 Å². The average molecular weight is 499 g/mol. The van der Waals surface area contributed by atoms with Crippen molar-refractivity contribution in [2.45, 2.75) is 12.1 Å². The van der Waals surface area contributed by atoms with Crippen LogP contribution in [0.25, 0.3) is 28.0 Å². The highest BCUT2D eigenvalue weighted by atomic mass is 32.2. The molecule has 180 valence electrons. The van der Waals surface area contributed by atoms with Gasteiger partial charge in [0.05, 0.1) is 18.4 Å². The number of fused-ring (bicyclic) bond motifs is 1. The quantitative estimate of drug-likeness (QED) is 0.215. The number of carbonyl (C=O) groups is 1. The first-order valence-corrected chi connectivity index (χ1v) is 12.1. The number of azo groups is 1. The Hall–Kier alpha value is -4.44. The largest absolute Gasteiger partial charge is 0.497 e. The second-order valence-electron chi connectivity index (χ2n) is 7.96. The number of para-hydroxylation sites is 1. The van der Waals surface area contributed by atoms with Crippen molar-refractivity contribution in [3.8, 4) is 28.7 Å². The number of aromatic nitrogens is 4. The smallest absolute Gasteiger partial charge is 0.275 e. The van der Waals surface area contributed by atoms with E-state index >= 15 is 0 Å². The summed E-state index contributed by atoms with van der Waals surface area (Å²) < 4.78 is 7.18. The Balaban J connectivity index is 1.40. The second-order valence-corrected chi connectivity index (χ2v) is 8.90.